The third kappa shape index (κ3) is 3.06. The van der Waals surface area contributed by atoms with E-state index >= 15 is 0 Å². The number of para-hydroxylation sites is 1. The van der Waals surface area contributed by atoms with Crippen molar-refractivity contribution in [3.05, 3.63) is 63.0 Å². The molecule has 0 bridgehead atoms. The van der Waals surface area contributed by atoms with E-state index in [1.165, 1.54) is 6.07 Å². The molecule has 3 nitrogen and oxygen atoms in total. The van der Waals surface area contributed by atoms with Crippen molar-refractivity contribution < 1.29 is 4.74 Å². The lowest BCUT2D eigenvalue weighted by Gasteiger charge is -2.10. The number of hydrogen-bond acceptors (Lipinski definition) is 2. The van der Waals surface area contributed by atoms with Crippen LogP contribution >= 0.6 is 23.2 Å². The summed E-state index contributed by atoms with van der Waals surface area (Å²) in [4.78, 5) is 11.5. The molecule has 1 aromatic heterocycles. The zero-order valence-corrected chi connectivity index (χ0v) is 11.0. The number of halogens is 2. The van der Waals surface area contributed by atoms with Crippen molar-refractivity contribution in [2.24, 2.45) is 0 Å². The van der Waals surface area contributed by atoms with Crippen LogP contribution in [0.1, 0.15) is 0 Å². The fourth-order valence-corrected chi connectivity index (χ4v) is 2.02. The second-order valence-corrected chi connectivity index (χ2v) is 4.45. The van der Waals surface area contributed by atoms with E-state index in [-0.39, 0.29) is 5.56 Å². The van der Waals surface area contributed by atoms with Gasteiger partial charge in [0, 0.05) is 12.3 Å². The average molecular weight is 284 g/mol. The van der Waals surface area contributed by atoms with E-state index in [2.05, 4.69) is 0 Å². The van der Waals surface area contributed by atoms with Crippen LogP contribution in [0.3, 0.4) is 0 Å². The Morgan fingerprint density at radius 3 is 2.44 bits per heavy atom. The summed E-state index contributed by atoms with van der Waals surface area (Å²) in [6, 6.07) is 10.2. The summed E-state index contributed by atoms with van der Waals surface area (Å²) in [6.07, 6.45) is 1.71. The van der Waals surface area contributed by atoms with Gasteiger partial charge in [-0.15, -0.1) is 0 Å². The first-order chi connectivity index (χ1) is 8.68. The molecule has 0 saturated heterocycles. The molecule has 0 amide bonds. The largest absolute Gasteiger partial charge is 0.489 e. The molecule has 0 aliphatic carbocycles. The predicted molar refractivity (Wildman–Crippen MR) is 72.7 cm³/mol. The molecule has 2 rings (SSSR count). The van der Waals surface area contributed by atoms with Gasteiger partial charge in [0.1, 0.15) is 6.61 Å². The smallest absolute Gasteiger partial charge is 0.250 e. The second-order valence-electron chi connectivity index (χ2n) is 3.63. The standard InChI is InChI=1S/C13H11Cl2NO2/c14-10-4-3-5-11(15)13(10)18-9-8-16-7-2-1-6-12(16)17/h1-7H,8-9H2. The van der Waals surface area contributed by atoms with E-state index in [1.54, 1.807) is 41.1 Å². The monoisotopic (exact) mass is 283 g/mol. The Morgan fingerprint density at radius 1 is 1.06 bits per heavy atom. The van der Waals surface area contributed by atoms with Gasteiger partial charge in [0.2, 0.25) is 0 Å². The number of pyridine rings is 1. The summed E-state index contributed by atoms with van der Waals surface area (Å²) in [5.41, 5.74) is -0.0636. The first kappa shape index (κ1) is 13.0. The minimum Gasteiger partial charge on any atom is -0.489 e. The lowest BCUT2D eigenvalue weighted by Crippen LogP contribution is -2.21. The molecule has 0 N–H and O–H groups in total. The van der Waals surface area contributed by atoms with Gasteiger partial charge in [-0.05, 0) is 18.2 Å². The SMILES string of the molecule is O=c1ccccn1CCOc1c(Cl)cccc1Cl. The zero-order chi connectivity index (χ0) is 13.0. The highest BCUT2D eigenvalue weighted by Gasteiger charge is 2.06. The minimum atomic E-state index is -0.0636. The maximum absolute atomic E-state index is 11.5. The first-order valence-corrected chi connectivity index (χ1v) is 6.16. The van der Waals surface area contributed by atoms with Gasteiger partial charge in [-0.2, -0.15) is 0 Å². The predicted octanol–water partition coefficient (Wildman–Crippen LogP) is 3.23. The normalized spacial score (nSPS) is 10.3. The summed E-state index contributed by atoms with van der Waals surface area (Å²) in [7, 11) is 0. The fraction of sp³-hybridized carbons (Fsp3) is 0.154. The molecule has 0 spiro atoms. The highest BCUT2D eigenvalue weighted by Crippen LogP contribution is 2.32. The maximum atomic E-state index is 11.5. The Kier molecular flexibility index (Phi) is 4.28. The molecular weight excluding hydrogens is 273 g/mol. The molecule has 2 aromatic rings. The molecule has 0 radical (unpaired) electrons. The summed E-state index contributed by atoms with van der Waals surface area (Å²) in [5.74, 6) is 0.449. The van der Waals surface area contributed by atoms with Crippen molar-refractivity contribution in [1.29, 1.82) is 0 Å². The molecule has 0 unspecified atom stereocenters. The summed E-state index contributed by atoms with van der Waals surface area (Å²) in [5, 5.41) is 0.922. The molecule has 0 atom stereocenters. The third-order valence-electron chi connectivity index (χ3n) is 2.40. The molecular formula is C13H11Cl2NO2. The molecule has 1 aromatic carbocycles. The number of nitrogens with zero attached hydrogens (tertiary/aromatic N) is 1. The van der Waals surface area contributed by atoms with Crippen molar-refractivity contribution in [3.63, 3.8) is 0 Å². The van der Waals surface area contributed by atoms with Crippen LogP contribution in [0.2, 0.25) is 10.0 Å². The second kappa shape index (κ2) is 5.94. The van der Waals surface area contributed by atoms with E-state index in [0.29, 0.717) is 28.9 Å². The lowest BCUT2D eigenvalue weighted by molar-refractivity contribution is 0.296. The maximum Gasteiger partial charge on any atom is 0.250 e. The number of benzene rings is 1. The Morgan fingerprint density at radius 2 is 1.78 bits per heavy atom. The average Bonchev–Trinajstić information content (AvgIpc) is 2.35. The van der Waals surface area contributed by atoms with Gasteiger partial charge in [0.05, 0.1) is 16.6 Å². The number of hydrogen-bond donors (Lipinski definition) is 0. The molecule has 0 saturated carbocycles. The number of aromatic nitrogens is 1. The van der Waals surface area contributed by atoms with Crippen LogP contribution in [0.5, 0.6) is 5.75 Å². The van der Waals surface area contributed by atoms with Crippen molar-refractivity contribution in [2.75, 3.05) is 6.61 Å². The minimum absolute atomic E-state index is 0.0636. The van der Waals surface area contributed by atoms with E-state index in [9.17, 15) is 4.79 Å². The van der Waals surface area contributed by atoms with Crippen LogP contribution in [0.15, 0.2) is 47.4 Å². The Labute approximate surface area is 115 Å². The van der Waals surface area contributed by atoms with Gasteiger partial charge >= 0.3 is 0 Å². The number of ether oxygens (including phenoxy) is 1. The van der Waals surface area contributed by atoms with Crippen LogP contribution in [0.25, 0.3) is 0 Å². The zero-order valence-electron chi connectivity index (χ0n) is 9.48. The van der Waals surface area contributed by atoms with Crippen LogP contribution in [-0.4, -0.2) is 11.2 Å². The van der Waals surface area contributed by atoms with Crippen molar-refractivity contribution >= 4 is 23.2 Å². The number of rotatable bonds is 4. The third-order valence-corrected chi connectivity index (χ3v) is 2.99. The van der Waals surface area contributed by atoms with E-state index < -0.39 is 0 Å². The van der Waals surface area contributed by atoms with Gasteiger partial charge in [-0.3, -0.25) is 4.79 Å². The summed E-state index contributed by atoms with van der Waals surface area (Å²) in [6.45, 7) is 0.772. The molecule has 5 heteroatoms. The van der Waals surface area contributed by atoms with E-state index in [0.717, 1.165) is 0 Å². The first-order valence-electron chi connectivity index (χ1n) is 5.41. The Bertz CT molecular complexity index is 575. The summed E-state index contributed by atoms with van der Waals surface area (Å²) < 4.78 is 7.06. The van der Waals surface area contributed by atoms with Crippen LogP contribution in [-0.2, 0) is 6.54 Å². The van der Waals surface area contributed by atoms with Crippen molar-refractivity contribution in [1.82, 2.24) is 4.57 Å². The van der Waals surface area contributed by atoms with Gasteiger partial charge < -0.3 is 9.30 Å². The van der Waals surface area contributed by atoms with Gasteiger partial charge in [-0.1, -0.05) is 35.3 Å². The van der Waals surface area contributed by atoms with Crippen LogP contribution < -0.4 is 10.3 Å². The topological polar surface area (TPSA) is 31.2 Å². The summed E-state index contributed by atoms with van der Waals surface area (Å²) >= 11 is 11.9. The molecule has 0 aliphatic heterocycles. The van der Waals surface area contributed by atoms with E-state index in [4.69, 9.17) is 27.9 Å². The molecule has 0 aliphatic rings. The quantitative estimate of drug-likeness (QED) is 0.863. The molecule has 1 heterocycles. The van der Waals surface area contributed by atoms with Crippen LogP contribution in [0, 0.1) is 0 Å². The van der Waals surface area contributed by atoms with Gasteiger partial charge in [0.25, 0.3) is 5.56 Å². The van der Waals surface area contributed by atoms with E-state index in [1.807, 2.05) is 0 Å². The van der Waals surface area contributed by atoms with Gasteiger partial charge in [0.15, 0.2) is 5.75 Å². The molecule has 0 fully saturated rings. The van der Waals surface area contributed by atoms with Crippen molar-refractivity contribution in [3.8, 4) is 5.75 Å². The van der Waals surface area contributed by atoms with Crippen molar-refractivity contribution in [2.45, 2.75) is 6.54 Å². The lowest BCUT2D eigenvalue weighted by atomic mass is 10.3. The Balaban J connectivity index is 2.01. The van der Waals surface area contributed by atoms with Crippen LogP contribution in [0.4, 0.5) is 0 Å². The van der Waals surface area contributed by atoms with Gasteiger partial charge in [-0.25, -0.2) is 0 Å². The highest BCUT2D eigenvalue weighted by molar-refractivity contribution is 6.37. The molecule has 18 heavy (non-hydrogen) atoms. The molecule has 94 valence electrons. The highest BCUT2D eigenvalue weighted by atomic mass is 35.5. The Hall–Kier alpha value is -1.45. The fourth-order valence-electron chi connectivity index (χ4n) is 1.51.